The molecule has 1 aromatic heterocycles. The second kappa shape index (κ2) is 13.1. The van der Waals surface area contributed by atoms with Crippen LogP contribution in [0.4, 0.5) is 5.69 Å². The predicted molar refractivity (Wildman–Crippen MR) is 138 cm³/mol. The predicted octanol–water partition coefficient (Wildman–Crippen LogP) is 3.51. The standard InChI is InChI=1S/C24H27N3O6S2.H3N/c1-3-22-25-21(15-34-22)20(14-17-9-11-18(12-10-17)27-35(30,31)32)26-23(28)19(24(29)33-2)13-16-7-5-4-6-8-16;/h4-12,15,19-20,27H,3,13-14H2,1-2H3,(H,26,28)(H,30,31,32);1H3/t19-,20-;/m0./s1. The number of esters is 1. The first-order chi connectivity index (χ1) is 16.7. The number of anilines is 1. The van der Waals surface area contributed by atoms with Gasteiger partial charge in [-0.1, -0.05) is 49.4 Å². The van der Waals surface area contributed by atoms with E-state index >= 15 is 0 Å². The zero-order valence-electron chi connectivity index (χ0n) is 20.0. The van der Waals surface area contributed by atoms with Crippen LogP contribution in [0.2, 0.25) is 0 Å². The van der Waals surface area contributed by atoms with E-state index < -0.39 is 34.1 Å². The zero-order valence-corrected chi connectivity index (χ0v) is 21.6. The van der Waals surface area contributed by atoms with Gasteiger partial charge in [-0.3, -0.25) is 18.9 Å². The third kappa shape index (κ3) is 8.41. The number of thiazole rings is 1. The summed E-state index contributed by atoms with van der Waals surface area (Å²) in [7, 11) is -3.13. The van der Waals surface area contributed by atoms with Crippen molar-refractivity contribution >= 4 is 39.2 Å². The lowest BCUT2D eigenvalue weighted by Gasteiger charge is -2.21. The Kier molecular flexibility index (Phi) is 10.5. The Hall–Kier alpha value is -3.32. The lowest BCUT2D eigenvalue weighted by atomic mass is 9.97. The molecule has 0 unspecified atom stereocenters. The number of ether oxygens (including phenoxy) is 1. The van der Waals surface area contributed by atoms with E-state index in [9.17, 15) is 18.0 Å². The third-order valence-electron chi connectivity index (χ3n) is 5.27. The van der Waals surface area contributed by atoms with Gasteiger partial charge in [-0.25, -0.2) is 4.98 Å². The molecule has 0 radical (unpaired) electrons. The van der Waals surface area contributed by atoms with Crippen molar-refractivity contribution in [2.45, 2.75) is 32.2 Å². The molecule has 1 heterocycles. The average Bonchev–Trinajstić information content (AvgIpc) is 3.32. The minimum absolute atomic E-state index is 0. The van der Waals surface area contributed by atoms with Crippen molar-refractivity contribution < 1.29 is 27.3 Å². The van der Waals surface area contributed by atoms with E-state index in [1.165, 1.54) is 30.6 Å². The van der Waals surface area contributed by atoms with Crippen LogP contribution in [0, 0.1) is 5.92 Å². The van der Waals surface area contributed by atoms with E-state index in [4.69, 9.17) is 9.29 Å². The molecule has 0 bridgehead atoms. The number of methoxy groups -OCH3 is 1. The maximum atomic E-state index is 13.3. The summed E-state index contributed by atoms with van der Waals surface area (Å²) in [5.74, 6) is -2.13. The quantitative estimate of drug-likeness (QED) is 0.164. The Balaban J connectivity index is 0.00000456. The summed E-state index contributed by atoms with van der Waals surface area (Å²) in [4.78, 5) is 30.3. The number of nitrogens with one attached hydrogen (secondary N) is 2. The van der Waals surface area contributed by atoms with Crippen LogP contribution in [-0.4, -0.2) is 36.9 Å². The highest BCUT2D eigenvalue weighted by molar-refractivity contribution is 7.87. The number of amides is 1. The van der Waals surface area contributed by atoms with Crippen molar-refractivity contribution in [3.05, 3.63) is 81.8 Å². The smallest absolute Gasteiger partial charge is 0.357 e. The molecule has 12 heteroatoms. The van der Waals surface area contributed by atoms with Crippen molar-refractivity contribution in [1.82, 2.24) is 16.5 Å². The number of hydrogen-bond donors (Lipinski definition) is 4. The molecule has 0 saturated heterocycles. The maximum absolute atomic E-state index is 13.3. The van der Waals surface area contributed by atoms with Gasteiger partial charge in [0.25, 0.3) is 0 Å². The van der Waals surface area contributed by atoms with E-state index in [1.807, 2.05) is 47.4 Å². The molecule has 0 aliphatic heterocycles. The maximum Gasteiger partial charge on any atom is 0.357 e. The summed E-state index contributed by atoms with van der Waals surface area (Å²) in [6.07, 6.45) is 1.30. The Labute approximate surface area is 214 Å². The average molecular weight is 535 g/mol. The number of benzene rings is 2. The molecular formula is C24H30N4O6S2. The zero-order chi connectivity index (χ0) is 25.4. The molecule has 3 rings (SSSR count). The molecule has 0 spiro atoms. The van der Waals surface area contributed by atoms with Crippen LogP contribution in [-0.2, 0) is 43.9 Å². The first-order valence-electron chi connectivity index (χ1n) is 10.9. The summed E-state index contributed by atoms with van der Waals surface area (Å²) in [6, 6.07) is 15.1. The Morgan fingerprint density at radius 1 is 1.06 bits per heavy atom. The third-order valence-corrected chi connectivity index (χ3v) is 6.78. The van der Waals surface area contributed by atoms with Crippen LogP contribution in [0.1, 0.15) is 34.8 Å². The van der Waals surface area contributed by atoms with Gasteiger partial charge in [-0.2, -0.15) is 8.42 Å². The molecule has 6 N–H and O–H groups in total. The van der Waals surface area contributed by atoms with Gasteiger partial charge in [-0.15, -0.1) is 11.3 Å². The van der Waals surface area contributed by atoms with Gasteiger partial charge in [0.05, 0.1) is 29.5 Å². The van der Waals surface area contributed by atoms with Crippen LogP contribution in [0.15, 0.2) is 60.0 Å². The molecule has 194 valence electrons. The number of nitrogens with zero attached hydrogens (tertiary/aromatic N) is 1. The van der Waals surface area contributed by atoms with Crippen LogP contribution < -0.4 is 16.2 Å². The molecule has 36 heavy (non-hydrogen) atoms. The molecule has 1 amide bonds. The van der Waals surface area contributed by atoms with Gasteiger partial charge < -0.3 is 16.2 Å². The minimum Gasteiger partial charge on any atom is -0.468 e. The number of hydrogen-bond acceptors (Lipinski definition) is 8. The van der Waals surface area contributed by atoms with E-state index in [2.05, 4.69) is 10.3 Å². The summed E-state index contributed by atoms with van der Waals surface area (Å²) in [6.45, 7) is 1.99. The molecule has 0 aliphatic carbocycles. The van der Waals surface area contributed by atoms with Crippen LogP contribution >= 0.6 is 11.3 Å². The highest BCUT2D eigenvalue weighted by Crippen LogP contribution is 2.24. The van der Waals surface area contributed by atoms with Crippen molar-refractivity contribution in [1.29, 1.82) is 0 Å². The molecule has 10 nitrogen and oxygen atoms in total. The van der Waals surface area contributed by atoms with E-state index in [0.717, 1.165) is 22.6 Å². The molecule has 0 fully saturated rings. The fourth-order valence-electron chi connectivity index (χ4n) is 3.52. The summed E-state index contributed by atoms with van der Waals surface area (Å²) in [5.41, 5.74) is 2.49. The monoisotopic (exact) mass is 534 g/mol. The van der Waals surface area contributed by atoms with E-state index in [1.54, 1.807) is 12.1 Å². The molecule has 0 aliphatic rings. The lowest BCUT2D eigenvalue weighted by molar-refractivity contribution is -0.150. The highest BCUT2D eigenvalue weighted by Gasteiger charge is 2.30. The number of rotatable bonds is 11. The molecular weight excluding hydrogens is 504 g/mol. The van der Waals surface area contributed by atoms with Gasteiger partial charge >= 0.3 is 16.3 Å². The topological polar surface area (TPSA) is 170 Å². The van der Waals surface area contributed by atoms with Gasteiger partial charge in [0.2, 0.25) is 5.91 Å². The highest BCUT2D eigenvalue weighted by atomic mass is 32.2. The van der Waals surface area contributed by atoms with Crippen LogP contribution in [0.3, 0.4) is 0 Å². The van der Waals surface area contributed by atoms with Gasteiger partial charge in [0.1, 0.15) is 5.92 Å². The van der Waals surface area contributed by atoms with Crippen molar-refractivity contribution in [2.75, 3.05) is 11.8 Å². The van der Waals surface area contributed by atoms with Crippen LogP contribution in [0.25, 0.3) is 0 Å². The fourth-order valence-corrected chi connectivity index (χ4v) is 4.75. The van der Waals surface area contributed by atoms with Crippen molar-refractivity contribution in [3.63, 3.8) is 0 Å². The lowest BCUT2D eigenvalue weighted by Crippen LogP contribution is -2.40. The summed E-state index contributed by atoms with van der Waals surface area (Å²) >= 11 is 1.49. The first kappa shape index (κ1) is 28.9. The van der Waals surface area contributed by atoms with Crippen LogP contribution in [0.5, 0.6) is 0 Å². The number of carbonyl (C=O) groups is 2. The number of aromatic nitrogens is 1. The summed E-state index contributed by atoms with van der Waals surface area (Å²) in [5, 5.41) is 5.76. The van der Waals surface area contributed by atoms with Gasteiger partial charge in [0, 0.05) is 5.38 Å². The van der Waals surface area contributed by atoms with Crippen molar-refractivity contribution in [3.8, 4) is 0 Å². The second-order valence-corrected chi connectivity index (χ2v) is 9.92. The van der Waals surface area contributed by atoms with Gasteiger partial charge in [-0.05, 0) is 42.5 Å². The molecule has 0 saturated carbocycles. The van der Waals surface area contributed by atoms with E-state index in [-0.39, 0.29) is 18.3 Å². The Morgan fingerprint density at radius 3 is 2.25 bits per heavy atom. The SMILES string of the molecule is CCc1nc([C@H](Cc2ccc(NS(=O)(=O)O)cc2)NC(=O)[C@H](Cc2ccccc2)C(=O)OC)cs1.N. The fraction of sp³-hybridized carbons (Fsp3) is 0.292. The largest absolute Gasteiger partial charge is 0.468 e. The number of aryl methyl sites for hydroxylation is 1. The normalized spacial score (nSPS) is 12.6. The summed E-state index contributed by atoms with van der Waals surface area (Å²) < 4.78 is 37.9. The molecule has 2 aromatic carbocycles. The minimum atomic E-state index is -4.38. The first-order valence-corrected chi connectivity index (χ1v) is 13.2. The molecule has 3 aromatic rings. The molecule has 2 atom stereocenters. The van der Waals surface area contributed by atoms with E-state index in [0.29, 0.717) is 12.1 Å². The second-order valence-electron chi connectivity index (χ2n) is 7.82. The Bertz CT molecular complexity index is 1250. The number of carbonyl (C=O) groups excluding carboxylic acids is 2. The Morgan fingerprint density at radius 2 is 1.69 bits per heavy atom. The van der Waals surface area contributed by atoms with Gasteiger partial charge in [0.15, 0.2) is 0 Å². The van der Waals surface area contributed by atoms with Crippen molar-refractivity contribution in [2.24, 2.45) is 5.92 Å².